The van der Waals surface area contributed by atoms with E-state index in [-0.39, 0.29) is 30.2 Å². The lowest BCUT2D eigenvalue weighted by Gasteiger charge is -2.23. The van der Waals surface area contributed by atoms with Gasteiger partial charge in [0, 0.05) is 45.8 Å². The minimum absolute atomic E-state index is 0.0477. The first kappa shape index (κ1) is 21.7. The summed E-state index contributed by atoms with van der Waals surface area (Å²) < 4.78 is 31.0. The average Bonchev–Trinajstić information content (AvgIpc) is 3.08. The van der Waals surface area contributed by atoms with Crippen molar-refractivity contribution < 1.29 is 22.7 Å². The first-order chi connectivity index (χ1) is 13.9. The van der Waals surface area contributed by atoms with Crippen molar-refractivity contribution in [3.63, 3.8) is 0 Å². The van der Waals surface area contributed by atoms with Crippen LogP contribution in [0.1, 0.15) is 24.8 Å². The Balaban J connectivity index is 1.56. The van der Waals surface area contributed by atoms with E-state index in [0.29, 0.717) is 45.4 Å². The minimum atomic E-state index is -3.61. The molecule has 2 fully saturated rings. The van der Waals surface area contributed by atoms with Crippen LogP contribution in [0.2, 0.25) is 0 Å². The van der Waals surface area contributed by atoms with Gasteiger partial charge in [-0.1, -0.05) is 30.3 Å². The Morgan fingerprint density at radius 1 is 1.28 bits per heavy atom. The largest absolute Gasteiger partial charge is 0.385 e. The number of nitrogens with zero attached hydrogens (tertiary/aromatic N) is 2. The van der Waals surface area contributed by atoms with Gasteiger partial charge >= 0.3 is 0 Å². The van der Waals surface area contributed by atoms with Gasteiger partial charge in [-0.2, -0.15) is 0 Å². The maximum absolute atomic E-state index is 12.9. The number of carbonyl (C=O) groups excluding carboxylic acids is 2. The van der Waals surface area contributed by atoms with Crippen LogP contribution in [0.3, 0.4) is 0 Å². The molecule has 0 bridgehead atoms. The van der Waals surface area contributed by atoms with Gasteiger partial charge in [0.2, 0.25) is 15.9 Å². The number of methoxy groups -OCH3 is 1. The van der Waals surface area contributed by atoms with Gasteiger partial charge in [0.15, 0.2) is 0 Å². The molecule has 1 N–H and O–H groups in total. The van der Waals surface area contributed by atoms with Gasteiger partial charge in [0.25, 0.3) is 5.91 Å². The molecule has 2 saturated heterocycles. The van der Waals surface area contributed by atoms with E-state index < -0.39 is 16.1 Å². The van der Waals surface area contributed by atoms with Gasteiger partial charge in [0.1, 0.15) is 0 Å². The van der Waals surface area contributed by atoms with Crippen LogP contribution < -0.4 is 5.32 Å². The molecule has 0 unspecified atom stereocenters. The van der Waals surface area contributed by atoms with Gasteiger partial charge in [0.05, 0.1) is 11.8 Å². The summed E-state index contributed by atoms with van der Waals surface area (Å²) in [6.45, 7) is 1.33. The van der Waals surface area contributed by atoms with E-state index in [1.807, 2.05) is 35.2 Å². The molecule has 3 rings (SSSR count). The number of nitrogens with one attached hydrogen (secondary N) is 1. The van der Waals surface area contributed by atoms with Crippen molar-refractivity contribution in [2.45, 2.75) is 37.8 Å². The molecule has 0 aromatic heterocycles. The van der Waals surface area contributed by atoms with E-state index >= 15 is 0 Å². The third-order valence-electron chi connectivity index (χ3n) is 5.46. The fourth-order valence-electron chi connectivity index (χ4n) is 3.96. The second kappa shape index (κ2) is 9.69. The number of aryl methyl sites for hydroxylation is 1. The van der Waals surface area contributed by atoms with Gasteiger partial charge in [-0.25, -0.2) is 12.7 Å². The Bertz CT molecular complexity index is 815. The summed E-state index contributed by atoms with van der Waals surface area (Å²) in [7, 11) is -2.07. The fourth-order valence-corrected chi connectivity index (χ4v) is 5.45. The monoisotopic (exact) mass is 423 g/mol. The van der Waals surface area contributed by atoms with Crippen LogP contribution in [0.15, 0.2) is 30.3 Å². The summed E-state index contributed by atoms with van der Waals surface area (Å²) in [5.41, 5.74) is 1.11. The first-order valence-electron chi connectivity index (χ1n) is 10.0. The van der Waals surface area contributed by atoms with Crippen LogP contribution in [-0.4, -0.2) is 80.6 Å². The summed E-state index contributed by atoms with van der Waals surface area (Å²) in [5.74, 6) is -0.523. The summed E-state index contributed by atoms with van der Waals surface area (Å²) in [4.78, 5) is 27.2. The zero-order chi connectivity index (χ0) is 20.9. The Morgan fingerprint density at radius 3 is 2.76 bits per heavy atom. The van der Waals surface area contributed by atoms with Gasteiger partial charge in [-0.15, -0.1) is 0 Å². The topological polar surface area (TPSA) is 96.0 Å². The molecule has 9 heteroatoms. The summed E-state index contributed by atoms with van der Waals surface area (Å²) in [6, 6.07) is 9.17. The van der Waals surface area contributed by atoms with E-state index in [1.165, 1.54) is 0 Å². The molecule has 0 radical (unpaired) electrons. The third-order valence-corrected chi connectivity index (χ3v) is 7.20. The van der Waals surface area contributed by atoms with E-state index in [9.17, 15) is 18.0 Å². The molecule has 1 aromatic rings. The summed E-state index contributed by atoms with van der Waals surface area (Å²) in [5, 5.41) is 3.01. The van der Waals surface area contributed by atoms with E-state index in [1.54, 1.807) is 7.11 Å². The van der Waals surface area contributed by atoms with Crippen molar-refractivity contribution in [2.75, 3.05) is 39.1 Å². The van der Waals surface area contributed by atoms with Gasteiger partial charge < -0.3 is 10.1 Å². The van der Waals surface area contributed by atoms with Crippen LogP contribution in [0, 0.1) is 0 Å². The molecular formula is C20H29N3O5S. The molecule has 2 atom stereocenters. The van der Waals surface area contributed by atoms with Crippen LogP contribution in [0.5, 0.6) is 0 Å². The number of amides is 2. The van der Waals surface area contributed by atoms with Crippen molar-refractivity contribution in [3.05, 3.63) is 35.9 Å². The number of fused-ring (bicyclic) bond motifs is 1. The lowest BCUT2D eigenvalue weighted by atomic mass is 10.1. The molecule has 0 aliphatic carbocycles. The van der Waals surface area contributed by atoms with E-state index in [0.717, 1.165) is 9.87 Å². The molecule has 160 valence electrons. The lowest BCUT2D eigenvalue weighted by molar-refractivity contribution is -0.130. The Hall–Kier alpha value is -1.97. The van der Waals surface area contributed by atoms with E-state index in [2.05, 4.69) is 5.32 Å². The van der Waals surface area contributed by atoms with Crippen molar-refractivity contribution in [2.24, 2.45) is 0 Å². The smallest absolute Gasteiger partial charge is 0.253 e. The number of ether oxygens (including phenoxy) is 1. The first-order valence-corrected chi connectivity index (χ1v) is 11.6. The number of sulfonamides is 1. The molecule has 2 heterocycles. The minimum Gasteiger partial charge on any atom is -0.385 e. The van der Waals surface area contributed by atoms with Crippen LogP contribution in [0.25, 0.3) is 0 Å². The van der Waals surface area contributed by atoms with Crippen molar-refractivity contribution in [1.82, 2.24) is 14.5 Å². The number of hydrogen-bond donors (Lipinski definition) is 1. The summed E-state index contributed by atoms with van der Waals surface area (Å²) in [6.07, 6.45) is 1.95. The second-order valence-corrected chi connectivity index (χ2v) is 9.58. The Labute approximate surface area is 172 Å². The normalized spacial score (nSPS) is 24.2. The van der Waals surface area contributed by atoms with E-state index in [4.69, 9.17) is 4.74 Å². The van der Waals surface area contributed by atoms with Crippen LogP contribution in [-0.2, 0) is 30.8 Å². The molecule has 8 nitrogen and oxygen atoms in total. The molecule has 2 aliphatic heterocycles. The van der Waals surface area contributed by atoms with Crippen LogP contribution in [0.4, 0.5) is 0 Å². The highest BCUT2D eigenvalue weighted by Gasteiger charge is 2.45. The average molecular weight is 424 g/mol. The molecule has 1 aromatic carbocycles. The highest BCUT2D eigenvalue weighted by atomic mass is 32.2. The summed E-state index contributed by atoms with van der Waals surface area (Å²) >= 11 is 0. The maximum Gasteiger partial charge on any atom is 0.253 e. The second-order valence-electron chi connectivity index (χ2n) is 7.57. The standard InChI is InChI=1S/C20H29N3O5S/c1-28-12-5-10-23-20(25)18-14-17(15-22(18)11-13-29(23,26)27)21-19(24)9-8-16-6-3-2-4-7-16/h2-4,6-7,17-18H,5,8-15H2,1H3,(H,21,24)/t17-,18-/m0/s1. The van der Waals surface area contributed by atoms with Crippen molar-refractivity contribution in [3.8, 4) is 0 Å². The van der Waals surface area contributed by atoms with Gasteiger partial charge in [-0.05, 0) is 24.8 Å². The Morgan fingerprint density at radius 2 is 2.03 bits per heavy atom. The fraction of sp³-hybridized carbons (Fsp3) is 0.600. The molecule has 2 amide bonds. The Kier molecular flexibility index (Phi) is 7.26. The zero-order valence-corrected chi connectivity index (χ0v) is 17.6. The maximum atomic E-state index is 12.9. The molecular weight excluding hydrogens is 394 g/mol. The molecule has 2 aliphatic rings. The van der Waals surface area contributed by atoms with Crippen molar-refractivity contribution in [1.29, 1.82) is 0 Å². The number of carbonyl (C=O) groups is 2. The quantitative estimate of drug-likeness (QED) is 0.608. The third kappa shape index (κ3) is 5.55. The predicted octanol–water partition coefficient (Wildman–Crippen LogP) is 0.387. The van der Waals surface area contributed by atoms with Crippen LogP contribution >= 0.6 is 0 Å². The van der Waals surface area contributed by atoms with Crippen molar-refractivity contribution >= 4 is 21.8 Å². The number of rotatable bonds is 8. The molecule has 0 spiro atoms. The molecule has 29 heavy (non-hydrogen) atoms. The highest BCUT2D eigenvalue weighted by molar-refractivity contribution is 7.89. The van der Waals surface area contributed by atoms with Gasteiger partial charge in [-0.3, -0.25) is 14.5 Å². The number of hydrogen-bond acceptors (Lipinski definition) is 6. The molecule has 0 saturated carbocycles. The highest BCUT2D eigenvalue weighted by Crippen LogP contribution is 2.25. The zero-order valence-electron chi connectivity index (χ0n) is 16.7. The number of benzene rings is 1. The SMILES string of the molecule is COCCCN1C(=O)[C@@H]2C[C@H](NC(=O)CCc3ccccc3)CN2CCS1(=O)=O. The lowest BCUT2D eigenvalue weighted by Crippen LogP contribution is -2.44. The predicted molar refractivity (Wildman–Crippen MR) is 109 cm³/mol.